The standard InChI is InChI=1S/C16H17ClFN/c17-15-9-8-13(16(18)10-15)6-7-14(11-19)12-4-2-1-3-5-12/h1-5,8-10,14H,6-7,11,19H2. The molecule has 0 aromatic heterocycles. The van der Waals surface area contributed by atoms with Crippen molar-refractivity contribution in [1.29, 1.82) is 0 Å². The maximum atomic E-state index is 13.7. The van der Waals surface area contributed by atoms with E-state index in [1.807, 2.05) is 18.2 Å². The Morgan fingerprint density at radius 3 is 2.47 bits per heavy atom. The third kappa shape index (κ3) is 3.79. The van der Waals surface area contributed by atoms with Gasteiger partial charge < -0.3 is 5.73 Å². The Kier molecular flexibility index (Phi) is 4.94. The topological polar surface area (TPSA) is 26.0 Å². The molecule has 0 spiro atoms. The summed E-state index contributed by atoms with van der Waals surface area (Å²) >= 11 is 5.74. The van der Waals surface area contributed by atoms with Gasteiger partial charge in [-0.25, -0.2) is 4.39 Å². The second-order valence-corrected chi connectivity index (χ2v) is 5.05. The Hall–Kier alpha value is -1.38. The van der Waals surface area contributed by atoms with Crippen LogP contribution < -0.4 is 5.73 Å². The molecule has 0 heterocycles. The number of benzene rings is 2. The molecule has 1 unspecified atom stereocenters. The molecule has 0 aliphatic rings. The van der Waals surface area contributed by atoms with Gasteiger partial charge in [0.15, 0.2) is 0 Å². The molecule has 0 saturated heterocycles. The predicted octanol–water partition coefficient (Wildman–Crippen LogP) is 4.15. The highest BCUT2D eigenvalue weighted by Crippen LogP contribution is 2.22. The molecule has 2 aromatic rings. The highest BCUT2D eigenvalue weighted by Gasteiger charge is 2.11. The molecule has 19 heavy (non-hydrogen) atoms. The van der Waals surface area contributed by atoms with Crippen molar-refractivity contribution in [2.24, 2.45) is 5.73 Å². The van der Waals surface area contributed by atoms with Crippen LogP contribution >= 0.6 is 11.6 Å². The van der Waals surface area contributed by atoms with E-state index in [2.05, 4.69) is 12.1 Å². The summed E-state index contributed by atoms with van der Waals surface area (Å²) in [4.78, 5) is 0. The maximum absolute atomic E-state index is 13.7. The Morgan fingerprint density at radius 2 is 1.84 bits per heavy atom. The predicted molar refractivity (Wildman–Crippen MR) is 78.0 cm³/mol. The van der Waals surface area contributed by atoms with Crippen molar-refractivity contribution in [3.05, 3.63) is 70.5 Å². The lowest BCUT2D eigenvalue weighted by Gasteiger charge is -2.15. The van der Waals surface area contributed by atoms with Gasteiger partial charge in [-0.3, -0.25) is 0 Å². The molecular formula is C16H17ClFN. The molecule has 0 bridgehead atoms. The molecule has 3 heteroatoms. The average molecular weight is 278 g/mol. The lowest BCUT2D eigenvalue weighted by Crippen LogP contribution is -2.13. The number of nitrogens with two attached hydrogens (primary N) is 1. The van der Waals surface area contributed by atoms with Crippen molar-refractivity contribution in [2.45, 2.75) is 18.8 Å². The summed E-state index contributed by atoms with van der Waals surface area (Å²) in [5.74, 6) is 0.0209. The van der Waals surface area contributed by atoms with Crippen LogP contribution in [0.3, 0.4) is 0 Å². The Labute approximate surface area is 118 Å². The van der Waals surface area contributed by atoms with Crippen LogP contribution in [0.25, 0.3) is 0 Å². The van der Waals surface area contributed by atoms with E-state index in [0.29, 0.717) is 23.6 Å². The SMILES string of the molecule is NCC(CCc1ccc(Cl)cc1F)c1ccccc1. The zero-order chi connectivity index (χ0) is 13.7. The van der Waals surface area contributed by atoms with Gasteiger partial charge in [-0.15, -0.1) is 0 Å². The van der Waals surface area contributed by atoms with Crippen molar-refractivity contribution in [3.8, 4) is 0 Å². The summed E-state index contributed by atoms with van der Waals surface area (Å²) in [6, 6.07) is 14.9. The number of aryl methyl sites for hydroxylation is 1. The first-order chi connectivity index (χ1) is 9.20. The lowest BCUT2D eigenvalue weighted by molar-refractivity contribution is 0.582. The number of rotatable bonds is 5. The van der Waals surface area contributed by atoms with Crippen LogP contribution in [0.15, 0.2) is 48.5 Å². The van der Waals surface area contributed by atoms with E-state index in [4.69, 9.17) is 17.3 Å². The second-order valence-electron chi connectivity index (χ2n) is 4.62. The molecular weight excluding hydrogens is 261 g/mol. The first kappa shape index (κ1) is 14.0. The van der Waals surface area contributed by atoms with Crippen LogP contribution in [0, 0.1) is 5.82 Å². The summed E-state index contributed by atoms with van der Waals surface area (Å²) in [6.07, 6.45) is 1.50. The molecule has 0 aliphatic carbocycles. The van der Waals surface area contributed by atoms with Crippen LogP contribution in [0.1, 0.15) is 23.5 Å². The van der Waals surface area contributed by atoms with Crippen LogP contribution in [0.2, 0.25) is 5.02 Å². The Balaban J connectivity index is 2.04. The molecule has 0 aliphatic heterocycles. The van der Waals surface area contributed by atoms with E-state index in [1.54, 1.807) is 12.1 Å². The average Bonchev–Trinajstić information content (AvgIpc) is 2.43. The van der Waals surface area contributed by atoms with Gasteiger partial charge in [-0.2, -0.15) is 0 Å². The lowest BCUT2D eigenvalue weighted by atomic mass is 9.92. The quantitative estimate of drug-likeness (QED) is 0.873. The fraction of sp³-hybridized carbons (Fsp3) is 0.250. The number of hydrogen-bond donors (Lipinski definition) is 1. The molecule has 0 radical (unpaired) electrons. The fourth-order valence-electron chi connectivity index (χ4n) is 2.20. The van der Waals surface area contributed by atoms with E-state index >= 15 is 0 Å². The van der Waals surface area contributed by atoms with E-state index in [-0.39, 0.29) is 11.7 Å². The summed E-state index contributed by atoms with van der Waals surface area (Å²) < 4.78 is 13.7. The van der Waals surface area contributed by atoms with Crippen LogP contribution in [0.4, 0.5) is 4.39 Å². The van der Waals surface area contributed by atoms with E-state index in [9.17, 15) is 4.39 Å². The second kappa shape index (κ2) is 6.69. The zero-order valence-corrected chi connectivity index (χ0v) is 11.4. The van der Waals surface area contributed by atoms with Gasteiger partial charge in [0, 0.05) is 5.02 Å². The molecule has 0 fully saturated rings. The molecule has 2 aromatic carbocycles. The monoisotopic (exact) mass is 277 g/mol. The minimum Gasteiger partial charge on any atom is -0.330 e. The van der Waals surface area contributed by atoms with Crippen LogP contribution in [-0.2, 0) is 6.42 Å². The molecule has 100 valence electrons. The third-order valence-corrected chi connectivity index (χ3v) is 3.57. The minimum absolute atomic E-state index is 0.240. The summed E-state index contributed by atoms with van der Waals surface area (Å²) in [5.41, 5.74) is 7.72. The van der Waals surface area contributed by atoms with Crippen molar-refractivity contribution >= 4 is 11.6 Å². The highest BCUT2D eigenvalue weighted by atomic mass is 35.5. The van der Waals surface area contributed by atoms with Gasteiger partial charge in [0.25, 0.3) is 0 Å². The van der Waals surface area contributed by atoms with Crippen LogP contribution in [-0.4, -0.2) is 6.54 Å². The summed E-state index contributed by atoms with van der Waals surface area (Å²) in [6.45, 7) is 0.569. The van der Waals surface area contributed by atoms with Crippen molar-refractivity contribution in [3.63, 3.8) is 0 Å². The van der Waals surface area contributed by atoms with E-state index in [1.165, 1.54) is 11.6 Å². The van der Waals surface area contributed by atoms with Crippen molar-refractivity contribution in [2.75, 3.05) is 6.54 Å². The van der Waals surface area contributed by atoms with E-state index in [0.717, 1.165) is 6.42 Å². The van der Waals surface area contributed by atoms with Gasteiger partial charge in [0.1, 0.15) is 5.82 Å². The van der Waals surface area contributed by atoms with Crippen molar-refractivity contribution in [1.82, 2.24) is 0 Å². The van der Waals surface area contributed by atoms with Gasteiger partial charge in [0.2, 0.25) is 0 Å². The van der Waals surface area contributed by atoms with Crippen LogP contribution in [0.5, 0.6) is 0 Å². The first-order valence-corrected chi connectivity index (χ1v) is 6.77. The Morgan fingerprint density at radius 1 is 1.11 bits per heavy atom. The third-order valence-electron chi connectivity index (χ3n) is 3.33. The summed E-state index contributed by atoms with van der Waals surface area (Å²) in [5, 5.41) is 0.430. The normalized spacial score (nSPS) is 12.4. The number of halogens is 2. The number of hydrogen-bond acceptors (Lipinski definition) is 1. The molecule has 0 saturated carbocycles. The van der Waals surface area contributed by atoms with Gasteiger partial charge >= 0.3 is 0 Å². The minimum atomic E-state index is -0.240. The highest BCUT2D eigenvalue weighted by molar-refractivity contribution is 6.30. The van der Waals surface area contributed by atoms with Gasteiger partial charge in [0.05, 0.1) is 0 Å². The van der Waals surface area contributed by atoms with E-state index < -0.39 is 0 Å². The largest absolute Gasteiger partial charge is 0.330 e. The molecule has 2 N–H and O–H groups in total. The van der Waals surface area contributed by atoms with Crippen molar-refractivity contribution < 1.29 is 4.39 Å². The Bertz CT molecular complexity index is 528. The first-order valence-electron chi connectivity index (χ1n) is 6.39. The summed E-state index contributed by atoms with van der Waals surface area (Å²) in [7, 11) is 0. The fourth-order valence-corrected chi connectivity index (χ4v) is 2.36. The van der Waals surface area contributed by atoms with Gasteiger partial charge in [-0.05, 0) is 48.6 Å². The van der Waals surface area contributed by atoms with Gasteiger partial charge in [-0.1, -0.05) is 48.0 Å². The smallest absolute Gasteiger partial charge is 0.127 e. The molecule has 2 rings (SSSR count). The molecule has 1 nitrogen and oxygen atoms in total. The molecule has 1 atom stereocenters. The zero-order valence-electron chi connectivity index (χ0n) is 10.7. The molecule has 0 amide bonds. The maximum Gasteiger partial charge on any atom is 0.127 e.